The van der Waals surface area contributed by atoms with Crippen LogP contribution in [0, 0.1) is 0 Å². The molecule has 0 fully saturated rings. The average molecular weight is 666 g/mol. The monoisotopic (exact) mass is 665 g/mol. The van der Waals surface area contributed by atoms with Crippen molar-refractivity contribution < 1.29 is 28.6 Å². The lowest BCUT2D eigenvalue weighted by atomic mass is 10.1. The first-order valence-corrected chi connectivity index (χ1v) is 16.8. The number of imide groups is 1. The fraction of sp³-hybridized carbons (Fsp3) is 0.514. The zero-order chi connectivity index (χ0) is 34.7. The predicted octanol–water partition coefficient (Wildman–Crippen LogP) is 8.74. The van der Waals surface area contributed by atoms with Crippen LogP contribution in [-0.4, -0.2) is 49.6 Å². The van der Waals surface area contributed by atoms with Crippen LogP contribution in [0.3, 0.4) is 0 Å². The molecule has 47 heavy (non-hydrogen) atoms. The highest BCUT2D eigenvalue weighted by molar-refractivity contribution is 7.18. The number of nitrogens with one attached hydrogen (secondary N) is 1. The van der Waals surface area contributed by atoms with E-state index < -0.39 is 35.1 Å². The molecule has 0 saturated carbocycles. The first kappa shape index (κ1) is 35.7. The van der Waals surface area contributed by atoms with Gasteiger partial charge in [0.25, 0.3) is 0 Å². The van der Waals surface area contributed by atoms with Crippen molar-refractivity contribution in [3.63, 3.8) is 0 Å². The number of fused-ring (bicyclic) bond motifs is 3. The van der Waals surface area contributed by atoms with Crippen LogP contribution in [0.25, 0.3) is 21.3 Å². The molecule has 0 bridgehead atoms. The maximum atomic E-state index is 13.7. The van der Waals surface area contributed by atoms with Gasteiger partial charge in [-0.05, 0) is 91.3 Å². The number of aromatic nitrogens is 3. The molecule has 3 heterocycles. The van der Waals surface area contributed by atoms with Crippen molar-refractivity contribution in [2.45, 2.75) is 118 Å². The summed E-state index contributed by atoms with van der Waals surface area (Å²) in [6.45, 7) is 18.8. The third-order valence-electron chi connectivity index (χ3n) is 6.66. The van der Waals surface area contributed by atoms with E-state index in [9.17, 15) is 14.4 Å². The maximum Gasteiger partial charge on any atom is 0.425 e. The Kier molecular flexibility index (Phi) is 10.5. The molecule has 0 unspecified atom stereocenters. The minimum atomic E-state index is -0.893. The van der Waals surface area contributed by atoms with Crippen LogP contribution in [0.5, 0.6) is 0 Å². The van der Waals surface area contributed by atoms with Gasteiger partial charge in [0.15, 0.2) is 5.82 Å². The van der Waals surface area contributed by atoms with Crippen LogP contribution < -0.4 is 10.2 Å². The van der Waals surface area contributed by atoms with Crippen molar-refractivity contribution in [1.82, 2.24) is 19.9 Å². The van der Waals surface area contributed by atoms with Gasteiger partial charge in [-0.3, -0.25) is 0 Å². The Hall–Kier alpha value is -4.19. The molecule has 0 aliphatic rings. The van der Waals surface area contributed by atoms with Gasteiger partial charge >= 0.3 is 18.3 Å². The first-order chi connectivity index (χ1) is 21.8. The lowest BCUT2D eigenvalue weighted by Crippen LogP contribution is -2.44. The summed E-state index contributed by atoms with van der Waals surface area (Å²) in [5.41, 5.74) is 1.45. The highest BCUT2D eigenvalue weighted by Gasteiger charge is 2.36. The molecule has 0 radical (unpaired) electrons. The summed E-state index contributed by atoms with van der Waals surface area (Å²) in [7, 11) is 0. The number of hydrogen-bond acceptors (Lipinski definition) is 9. The average Bonchev–Trinajstić information content (AvgIpc) is 3.53. The Balaban J connectivity index is 1.80. The Bertz CT molecular complexity index is 1710. The highest BCUT2D eigenvalue weighted by atomic mass is 32.1. The van der Waals surface area contributed by atoms with E-state index in [0.29, 0.717) is 30.5 Å². The molecular formula is C35H47N5O6S. The number of carbonyl (C=O) groups is 3. The molecule has 0 saturated heterocycles. The predicted molar refractivity (Wildman–Crippen MR) is 185 cm³/mol. The number of unbranched alkanes of at least 4 members (excludes halogenated alkanes) is 1. The number of alkyl carbamates (subject to hydrolysis) is 1. The second-order valence-electron chi connectivity index (χ2n) is 14.5. The quantitative estimate of drug-likeness (QED) is 0.185. The van der Waals surface area contributed by atoms with Gasteiger partial charge in [0, 0.05) is 19.5 Å². The van der Waals surface area contributed by atoms with Crippen LogP contribution >= 0.6 is 11.3 Å². The number of ether oxygens (including phenoxy) is 3. The molecule has 0 aliphatic heterocycles. The topological polar surface area (TPSA) is 125 Å². The number of thiophene rings is 1. The van der Waals surface area contributed by atoms with E-state index in [1.54, 1.807) is 41.5 Å². The van der Waals surface area contributed by atoms with Crippen molar-refractivity contribution in [2.24, 2.45) is 0 Å². The number of nitrogens with zero attached hydrogens (tertiary/aromatic N) is 4. The number of anilines is 1. The summed E-state index contributed by atoms with van der Waals surface area (Å²) in [5.74, 6) is 0.879. The molecule has 11 nitrogen and oxygen atoms in total. The molecule has 12 heteroatoms. The van der Waals surface area contributed by atoms with Crippen molar-refractivity contribution in [2.75, 3.05) is 4.90 Å². The molecule has 3 aromatic heterocycles. The summed E-state index contributed by atoms with van der Waals surface area (Å²) in [6, 6.07) is 9.84. The summed E-state index contributed by atoms with van der Waals surface area (Å²) < 4.78 is 19.7. The van der Waals surface area contributed by atoms with E-state index in [1.165, 1.54) is 11.3 Å². The van der Waals surface area contributed by atoms with Crippen LogP contribution in [0.1, 0.15) is 99.0 Å². The van der Waals surface area contributed by atoms with Crippen molar-refractivity contribution in [3.8, 4) is 0 Å². The van der Waals surface area contributed by atoms with E-state index >= 15 is 0 Å². The lowest BCUT2D eigenvalue weighted by molar-refractivity contribution is 0.0427. The minimum absolute atomic E-state index is 0.0643. The highest BCUT2D eigenvalue weighted by Crippen LogP contribution is 2.37. The molecule has 1 N–H and O–H groups in total. The molecule has 3 amide bonds. The maximum absolute atomic E-state index is 13.7. The van der Waals surface area contributed by atoms with Gasteiger partial charge in [0.2, 0.25) is 0 Å². The number of aryl methyl sites for hydroxylation is 1. The molecule has 254 valence electrons. The van der Waals surface area contributed by atoms with Gasteiger partial charge in [-0.25, -0.2) is 24.4 Å². The summed E-state index contributed by atoms with van der Waals surface area (Å²) in [4.78, 5) is 50.1. The number of pyridine rings is 1. The van der Waals surface area contributed by atoms with Gasteiger partial charge in [0.05, 0.1) is 15.7 Å². The summed E-state index contributed by atoms with van der Waals surface area (Å²) >= 11 is 1.53. The molecule has 1 aromatic carbocycles. The Morgan fingerprint density at radius 1 is 0.830 bits per heavy atom. The molecule has 0 aliphatic carbocycles. The summed E-state index contributed by atoms with van der Waals surface area (Å²) in [6.07, 6.45) is 0.295. The second kappa shape index (κ2) is 13.9. The van der Waals surface area contributed by atoms with E-state index in [0.717, 1.165) is 44.9 Å². The SMILES string of the molecule is CCCCc1nc2c(N(C(=O)OC(C)(C)C)C(=O)OC(C)(C)C)nc3ccsc3c2n1Cc1ccc(CNC(=O)OC(C)(C)C)cc1. The minimum Gasteiger partial charge on any atom is -0.444 e. The number of benzene rings is 1. The van der Waals surface area contributed by atoms with Crippen LogP contribution in [0.2, 0.25) is 0 Å². The molecular weight excluding hydrogens is 618 g/mol. The first-order valence-electron chi connectivity index (χ1n) is 15.9. The van der Waals surface area contributed by atoms with Crippen molar-refractivity contribution >= 4 is 56.7 Å². The van der Waals surface area contributed by atoms with Crippen LogP contribution in [-0.2, 0) is 33.7 Å². The Morgan fingerprint density at radius 3 is 1.96 bits per heavy atom. The van der Waals surface area contributed by atoms with Gasteiger partial charge < -0.3 is 24.1 Å². The number of hydrogen-bond donors (Lipinski definition) is 1. The van der Waals surface area contributed by atoms with Crippen LogP contribution in [0.15, 0.2) is 35.7 Å². The van der Waals surface area contributed by atoms with Crippen molar-refractivity contribution in [3.05, 3.63) is 52.7 Å². The number of rotatable bonds is 8. The van der Waals surface area contributed by atoms with E-state index in [1.807, 2.05) is 56.5 Å². The molecule has 0 spiro atoms. The van der Waals surface area contributed by atoms with Gasteiger partial charge in [-0.2, -0.15) is 4.90 Å². The smallest absolute Gasteiger partial charge is 0.425 e. The molecule has 4 aromatic rings. The number of amides is 3. The van der Waals surface area contributed by atoms with Crippen molar-refractivity contribution in [1.29, 1.82) is 0 Å². The third kappa shape index (κ3) is 9.43. The van der Waals surface area contributed by atoms with Gasteiger partial charge in [-0.15, -0.1) is 11.3 Å². The zero-order valence-corrected chi connectivity index (χ0v) is 30.0. The molecule has 4 rings (SSSR count). The Labute approximate surface area is 280 Å². The second-order valence-corrected chi connectivity index (χ2v) is 15.4. The fourth-order valence-corrected chi connectivity index (χ4v) is 5.65. The fourth-order valence-electron chi connectivity index (χ4n) is 4.77. The number of imidazole rings is 1. The zero-order valence-electron chi connectivity index (χ0n) is 29.1. The number of carbonyl (C=O) groups excluding carboxylic acids is 3. The normalized spacial score (nSPS) is 12.3. The van der Waals surface area contributed by atoms with Gasteiger partial charge in [0.1, 0.15) is 28.1 Å². The van der Waals surface area contributed by atoms with E-state index in [2.05, 4.69) is 16.8 Å². The van der Waals surface area contributed by atoms with E-state index in [4.69, 9.17) is 24.2 Å². The van der Waals surface area contributed by atoms with E-state index in [-0.39, 0.29) is 5.82 Å². The molecule has 0 atom stereocenters. The standard InChI is InChI=1S/C35H47N5O6S/c1-11-12-13-25-38-26-27(39(25)21-23-16-14-22(15-17-23)20-36-30(41)44-33(2,3)4)28-24(18-19-47-28)37-29(26)40(31(42)45-34(5,6)7)32(43)46-35(8,9)10/h14-19H,11-13,20-21H2,1-10H3,(H,36,41). The third-order valence-corrected chi connectivity index (χ3v) is 7.57. The van der Waals surface area contributed by atoms with Gasteiger partial charge in [-0.1, -0.05) is 37.6 Å². The Morgan fingerprint density at radius 2 is 1.40 bits per heavy atom. The van der Waals surface area contributed by atoms with Crippen LogP contribution in [0.4, 0.5) is 20.2 Å². The lowest BCUT2D eigenvalue weighted by Gasteiger charge is -2.28. The summed E-state index contributed by atoms with van der Waals surface area (Å²) in [5, 5.41) is 4.73. The largest absolute Gasteiger partial charge is 0.444 e.